The number of rotatable bonds is 10. The molecule has 13 nitrogen and oxygen atoms in total. The molecule has 47 heavy (non-hydrogen) atoms. The van der Waals surface area contributed by atoms with E-state index in [0.29, 0.717) is 36.8 Å². The summed E-state index contributed by atoms with van der Waals surface area (Å²) in [5.41, 5.74) is 1.09. The Labute approximate surface area is 267 Å². The van der Waals surface area contributed by atoms with E-state index in [1.165, 1.54) is 12.0 Å². The number of hydrogen-bond donors (Lipinski definition) is 1. The molecule has 1 N–H and O–H groups in total. The average Bonchev–Trinajstić information content (AvgIpc) is 3.07. The lowest BCUT2D eigenvalue weighted by atomic mass is 9.90. The molecule has 2 aliphatic rings. The van der Waals surface area contributed by atoms with Crippen LogP contribution in [0, 0.1) is 0 Å². The predicted molar refractivity (Wildman–Crippen MR) is 161 cm³/mol. The Morgan fingerprint density at radius 3 is 2.19 bits per heavy atom. The monoisotopic (exact) mass is 652 g/mol. The summed E-state index contributed by atoms with van der Waals surface area (Å²) in [7, 11) is 1.47. The minimum Gasteiger partial charge on any atom is -0.469 e. The lowest BCUT2D eigenvalue weighted by Crippen LogP contribution is -2.45. The molecule has 1 saturated heterocycles. The van der Waals surface area contributed by atoms with Crippen LogP contribution < -0.4 is 19.7 Å². The van der Waals surface area contributed by atoms with E-state index in [9.17, 15) is 18.0 Å². The molecular weight excluding hydrogens is 621 g/mol. The zero-order chi connectivity index (χ0) is 32.8. The number of benzene rings is 1. The number of amides is 1. The van der Waals surface area contributed by atoms with Gasteiger partial charge in [-0.25, -0.2) is 34.6 Å². The summed E-state index contributed by atoms with van der Waals surface area (Å²) >= 11 is 0. The highest BCUT2D eigenvalue weighted by Crippen LogP contribution is 2.36. The van der Waals surface area contributed by atoms with Gasteiger partial charge in [0.05, 0.1) is 20.3 Å². The van der Waals surface area contributed by atoms with Crippen molar-refractivity contribution in [1.82, 2.24) is 29.9 Å². The molecule has 1 aliphatic heterocycles. The second-order valence-electron chi connectivity index (χ2n) is 11.0. The van der Waals surface area contributed by atoms with Gasteiger partial charge < -0.3 is 24.3 Å². The summed E-state index contributed by atoms with van der Waals surface area (Å²) in [6, 6.07) is 9.06. The van der Waals surface area contributed by atoms with Crippen molar-refractivity contribution < 1.29 is 36.9 Å². The van der Waals surface area contributed by atoms with Crippen molar-refractivity contribution in [2.75, 3.05) is 30.5 Å². The number of carbonyl (C=O) groups excluding carboxylic acids is 1. The highest BCUT2D eigenvalue weighted by Gasteiger charge is 2.38. The van der Waals surface area contributed by atoms with Crippen molar-refractivity contribution in [2.45, 2.75) is 56.7 Å². The largest absolute Gasteiger partial charge is 0.469 e. The molecule has 0 unspecified atom stereocenters. The van der Waals surface area contributed by atoms with Crippen molar-refractivity contribution in [1.29, 1.82) is 0 Å². The Morgan fingerprint density at radius 1 is 0.936 bits per heavy atom. The first-order valence-corrected chi connectivity index (χ1v) is 14.9. The van der Waals surface area contributed by atoms with Gasteiger partial charge in [-0.2, -0.15) is 18.2 Å². The number of aromatic nitrogens is 6. The maximum atomic E-state index is 13.5. The highest BCUT2D eigenvalue weighted by molar-refractivity contribution is 5.86. The number of anilines is 2. The Morgan fingerprint density at radius 2 is 1.60 bits per heavy atom. The summed E-state index contributed by atoms with van der Waals surface area (Å²) in [5, 5.41) is 3.13. The molecule has 3 aromatic heterocycles. The summed E-state index contributed by atoms with van der Waals surface area (Å²) in [6.07, 6.45) is 3.46. The van der Waals surface area contributed by atoms with Gasteiger partial charge in [-0.05, 0) is 31.2 Å². The molecule has 1 saturated carbocycles. The zero-order valence-electron chi connectivity index (χ0n) is 25.3. The quantitative estimate of drug-likeness (QED) is 0.243. The minimum atomic E-state index is -4.67. The molecule has 246 valence electrons. The summed E-state index contributed by atoms with van der Waals surface area (Å²) in [5.74, 6) is -0.339. The average molecular weight is 653 g/mol. The van der Waals surface area contributed by atoms with Crippen molar-refractivity contribution in [3.63, 3.8) is 0 Å². The molecular formula is C31H31F3N8O5. The van der Waals surface area contributed by atoms with E-state index in [-0.39, 0.29) is 49.8 Å². The van der Waals surface area contributed by atoms with Crippen LogP contribution in [-0.4, -0.2) is 74.5 Å². The number of ether oxygens (including phenoxy) is 4. The van der Waals surface area contributed by atoms with Crippen molar-refractivity contribution in [3.05, 3.63) is 72.4 Å². The Kier molecular flexibility index (Phi) is 9.56. The van der Waals surface area contributed by atoms with Crippen LogP contribution in [0.5, 0.6) is 11.9 Å². The normalized spacial score (nSPS) is 18.1. The third-order valence-corrected chi connectivity index (χ3v) is 7.74. The predicted octanol–water partition coefficient (Wildman–Crippen LogP) is 5.10. The van der Waals surface area contributed by atoms with Crippen LogP contribution in [0.2, 0.25) is 0 Å². The Balaban J connectivity index is 1.15. The van der Waals surface area contributed by atoms with Crippen LogP contribution in [0.15, 0.2) is 61.3 Å². The van der Waals surface area contributed by atoms with Gasteiger partial charge >= 0.3 is 18.3 Å². The first kappa shape index (κ1) is 31.8. The molecule has 6 rings (SSSR count). The van der Waals surface area contributed by atoms with Gasteiger partial charge in [0.25, 0.3) is 0 Å². The second kappa shape index (κ2) is 14.1. The smallest absolute Gasteiger partial charge is 0.423 e. The molecule has 4 heterocycles. The Hall–Kier alpha value is -5.12. The van der Waals surface area contributed by atoms with Crippen molar-refractivity contribution in [3.8, 4) is 23.0 Å². The van der Waals surface area contributed by atoms with E-state index >= 15 is 0 Å². The number of alkyl halides is 3. The molecule has 1 aromatic carbocycles. The van der Waals surface area contributed by atoms with Gasteiger partial charge in [0.15, 0.2) is 0 Å². The van der Waals surface area contributed by atoms with Crippen LogP contribution in [-0.2, 0) is 22.3 Å². The van der Waals surface area contributed by atoms with E-state index in [1.807, 2.05) is 30.3 Å². The number of halogens is 3. The maximum absolute atomic E-state index is 13.5. The number of methoxy groups -OCH3 is 1. The molecule has 1 amide bonds. The zero-order valence-corrected chi connectivity index (χ0v) is 25.3. The first-order valence-electron chi connectivity index (χ1n) is 14.9. The highest BCUT2D eigenvalue weighted by atomic mass is 19.4. The first-order chi connectivity index (χ1) is 22.8. The molecule has 4 aromatic rings. The molecule has 2 fully saturated rings. The Bertz CT molecular complexity index is 1640. The van der Waals surface area contributed by atoms with E-state index in [2.05, 4.69) is 35.2 Å². The van der Waals surface area contributed by atoms with Crippen LogP contribution >= 0.6 is 0 Å². The van der Waals surface area contributed by atoms with Gasteiger partial charge in [-0.3, -0.25) is 0 Å². The topological polar surface area (TPSA) is 147 Å². The van der Waals surface area contributed by atoms with E-state index in [4.69, 9.17) is 18.9 Å². The number of carbonyl (C=O) groups is 1. The lowest BCUT2D eigenvalue weighted by Gasteiger charge is -2.35. The lowest BCUT2D eigenvalue weighted by molar-refractivity contribution is -0.142. The van der Waals surface area contributed by atoms with Crippen LogP contribution in [0.3, 0.4) is 0 Å². The summed E-state index contributed by atoms with van der Waals surface area (Å²) < 4.78 is 61.8. The summed E-state index contributed by atoms with van der Waals surface area (Å²) in [4.78, 5) is 40.1. The van der Waals surface area contributed by atoms with E-state index in [0.717, 1.165) is 11.8 Å². The summed E-state index contributed by atoms with van der Waals surface area (Å²) in [6.45, 7) is 0.457. The third-order valence-electron chi connectivity index (χ3n) is 7.74. The van der Waals surface area contributed by atoms with Crippen LogP contribution in [0.4, 0.5) is 29.9 Å². The fraction of sp³-hybridized carbons (Fsp3) is 0.387. The van der Waals surface area contributed by atoms with Crippen LogP contribution in [0.25, 0.3) is 11.1 Å². The van der Waals surface area contributed by atoms with Gasteiger partial charge in [0.2, 0.25) is 17.8 Å². The van der Waals surface area contributed by atoms with Crippen molar-refractivity contribution in [2.24, 2.45) is 0 Å². The standard InChI is InChI=1S/C31H31F3N8O5/c1-44-29-38-13-21(14-39-29)20-11-36-28(37-12-20)42(30(43)46-16-19-5-3-2-4-6-19)23-9-7-22(8-10-23)40-27-35-15-25(31(32,33)34)26(41-27)47-24-17-45-18-24/h2-6,11-15,22-24H,7-10,16-18H2,1H3,(H,35,40,41)/t22-,23-. The van der Waals surface area contributed by atoms with Gasteiger partial charge in [0, 0.05) is 54.2 Å². The van der Waals surface area contributed by atoms with E-state index < -0.39 is 29.8 Å². The SMILES string of the molecule is COc1ncc(-c2cnc(N(C(=O)OCc3ccccc3)[C@H]3CC[C@H](Nc4ncc(C(F)(F)F)c(OC5COC5)n4)CC3)nc2)cn1. The van der Waals surface area contributed by atoms with E-state index in [1.54, 1.807) is 24.8 Å². The molecule has 0 bridgehead atoms. The second-order valence-corrected chi connectivity index (χ2v) is 11.0. The molecule has 1 aliphatic carbocycles. The molecule has 16 heteroatoms. The molecule has 0 spiro atoms. The third kappa shape index (κ3) is 7.82. The molecule has 0 atom stereocenters. The van der Waals surface area contributed by atoms with Gasteiger partial charge in [0.1, 0.15) is 18.3 Å². The number of nitrogens with one attached hydrogen (secondary N) is 1. The van der Waals surface area contributed by atoms with Crippen molar-refractivity contribution >= 4 is 18.0 Å². The minimum absolute atomic E-state index is 0.0252. The molecule has 0 radical (unpaired) electrons. The maximum Gasteiger partial charge on any atom is 0.423 e. The van der Waals surface area contributed by atoms with Gasteiger partial charge in [-0.15, -0.1) is 0 Å². The van der Waals surface area contributed by atoms with Crippen LogP contribution in [0.1, 0.15) is 36.8 Å². The van der Waals surface area contributed by atoms with Gasteiger partial charge in [-0.1, -0.05) is 30.3 Å². The number of hydrogen-bond acceptors (Lipinski definition) is 12. The fourth-order valence-corrected chi connectivity index (χ4v) is 5.17. The number of nitrogens with zero attached hydrogens (tertiary/aromatic N) is 7. The fourth-order valence-electron chi connectivity index (χ4n) is 5.17.